The normalized spacial score (nSPS) is 38.6. The quantitative estimate of drug-likeness (QED) is 0.868. The van der Waals surface area contributed by atoms with Crippen molar-refractivity contribution in [1.29, 1.82) is 0 Å². The fourth-order valence-electron chi connectivity index (χ4n) is 4.78. The number of carbonyl (C=O) groups is 2. The van der Waals surface area contributed by atoms with E-state index in [0.717, 1.165) is 25.2 Å². The first kappa shape index (κ1) is 15.8. The molecule has 3 rings (SSSR count). The second-order valence-corrected chi connectivity index (χ2v) is 7.25. The van der Waals surface area contributed by atoms with Gasteiger partial charge in [-0.3, -0.25) is 4.79 Å². The molecule has 0 aromatic carbocycles. The molecule has 5 nitrogen and oxygen atoms in total. The van der Waals surface area contributed by atoms with Crippen LogP contribution < -0.4 is 0 Å². The average Bonchev–Trinajstić information content (AvgIpc) is 2.98. The molecule has 1 N–H and O–H groups in total. The minimum atomic E-state index is -0.903. The van der Waals surface area contributed by atoms with Crippen molar-refractivity contribution < 1.29 is 19.4 Å². The highest BCUT2D eigenvalue weighted by Crippen LogP contribution is 2.43. The Bertz CT molecular complexity index is 438. The molecule has 0 radical (unpaired) electrons. The monoisotopic (exact) mass is 309 g/mol. The third kappa shape index (κ3) is 3.00. The summed E-state index contributed by atoms with van der Waals surface area (Å²) in [5.41, 5.74) is 0. The number of carboxylic acids is 1. The number of amides is 1. The van der Waals surface area contributed by atoms with Gasteiger partial charge in [0, 0.05) is 26.0 Å². The highest BCUT2D eigenvalue weighted by Gasteiger charge is 2.44. The average molecular weight is 309 g/mol. The molecule has 0 aromatic heterocycles. The zero-order chi connectivity index (χ0) is 15.7. The fraction of sp³-hybridized carbons (Fsp3) is 0.882. The molecule has 2 aliphatic carbocycles. The predicted molar refractivity (Wildman–Crippen MR) is 81.3 cm³/mol. The SMILES string of the molecule is COC1CC(C(=O)O)N(C(=O)C2CCC3CCCCC3C2)C1. The molecule has 5 unspecified atom stereocenters. The maximum Gasteiger partial charge on any atom is 0.326 e. The van der Waals surface area contributed by atoms with Crippen LogP contribution in [-0.2, 0) is 14.3 Å². The van der Waals surface area contributed by atoms with Crippen LogP contribution in [0.4, 0.5) is 0 Å². The van der Waals surface area contributed by atoms with Gasteiger partial charge in [-0.15, -0.1) is 0 Å². The van der Waals surface area contributed by atoms with Gasteiger partial charge in [-0.2, -0.15) is 0 Å². The van der Waals surface area contributed by atoms with Crippen molar-refractivity contribution in [3.05, 3.63) is 0 Å². The Morgan fingerprint density at radius 3 is 2.45 bits per heavy atom. The molecule has 5 heteroatoms. The summed E-state index contributed by atoms with van der Waals surface area (Å²) in [5.74, 6) is 0.658. The van der Waals surface area contributed by atoms with Crippen molar-refractivity contribution >= 4 is 11.9 Å². The molecule has 1 aliphatic heterocycles. The van der Waals surface area contributed by atoms with Crippen molar-refractivity contribution in [2.75, 3.05) is 13.7 Å². The number of likely N-dealkylation sites (tertiary alicyclic amines) is 1. The summed E-state index contributed by atoms with van der Waals surface area (Å²) in [7, 11) is 1.59. The van der Waals surface area contributed by atoms with Crippen molar-refractivity contribution in [3.63, 3.8) is 0 Å². The Morgan fingerprint density at radius 1 is 1.05 bits per heavy atom. The number of aliphatic carboxylic acids is 1. The highest BCUT2D eigenvalue weighted by molar-refractivity contribution is 5.86. The van der Waals surface area contributed by atoms with Crippen LogP contribution in [0, 0.1) is 17.8 Å². The van der Waals surface area contributed by atoms with Gasteiger partial charge in [-0.1, -0.05) is 25.7 Å². The zero-order valence-corrected chi connectivity index (χ0v) is 13.4. The number of hydrogen-bond acceptors (Lipinski definition) is 3. The molecular weight excluding hydrogens is 282 g/mol. The molecule has 1 saturated heterocycles. The number of hydrogen-bond donors (Lipinski definition) is 1. The van der Waals surface area contributed by atoms with Gasteiger partial charge in [0.05, 0.1) is 6.10 Å². The Kier molecular flexibility index (Phi) is 4.71. The molecule has 1 heterocycles. The van der Waals surface area contributed by atoms with Crippen LogP contribution >= 0.6 is 0 Å². The van der Waals surface area contributed by atoms with Gasteiger partial charge in [0.1, 0.15) is 6.04 Å². The van der Waals surface area contributed by atoms with Gasteiger partial charge >= 0.3 is 5.97 Å². The minimum Gasteiger partial charge on any atom is -0.480 e. The maximum atomic E-state index is 12.9. The molecule has 2 saturated carbocycles. The van der Waals surface area contributed by atoms with Crippen molar-refractivity contribution in [2.24, 2.45) is 17.8 Å². The summed E-state index contributed by atoms with van der Waals surface area (Å²) >= 11 is 0. The molecule has 0 bridgehead atoms. The number of rotatable bonds is 3. The second kappa shape index (κ2) is 6.57. The number of carboxylic acid groups (broad SMARTS) is 1. The van der Waals surface area contributed by atoms with Crippen molar-refractivity contribution in [3.8, 4) is 0 Å². The lowest BCUT2D eigenvalue weighted by atomic mass is 9.67. The number of carbonyl (C=O) groups excluding carboxylic acids is 1. The van der Waals surface area contributed by atoms with E-state index < -0.39 is 12.0 Å². The number of ether oxygens (including phenoxy) is 1. The van der Waals surface area contributed by atoms with E-state index in [9.17, 15) is 14.7 Å². The fourth-order valence-corrected chi connectivity index (χ4v) is 4.78. The van der Waals surface area contributed by atoms with Gasteiger partial charge in [0.25, 0.3) is 0 Å². The highest BCUT2D eigenvalue weighted by atomic mass is 16.5. The Balaban J connectivity index is 1.66. The van der Waals surface area contributed by atoms with Crippen molar-refractivity contribution in [1.82, 2.24) is 4.90 Å². The van der Waals surface area contributed by atoms with E-state index in [1.54, 1.807) is 12.0 Å². The van der Waals surface area contributed by atoms with Crippen LogP contribution in [0.2, 0.25) is 0 Å². The van der Waals surface area contributed by atoms with E-state index in [0.29, 0.717) is 18.9 Å². The molecule has 22 heavy (non-hydrogen) atoms. The second-order valence-electron chi connectivity index (χ2n) is 7.25. The lowest BCUT2D eigenvalue weighted by molar-refractivity contribution is -0.151. The van der Waals surface area contributed by atoms with E-state index >= 15 is 0 Å². The third-order valence-corrected chi connectivity index (χ3v) is 6.05. The Hall–Kier alpha value is -1.10. The summed E-state index contributed by atoms with van der Waals surface area (Å²) in [6.07, 6.45) is 8.49. The lowest BCUT2D eigenvalue weighted by Crippen LogP contribution is -2.45. The molecule has 3 aliphatic rings. The summed E-state index contributed by atoms with van der Waals surface area (Å²) in [6, 6.07) is -0.707. The van der Waals surface area contributed by atoms with Crippen LogP contribution in [0.1, 0.15) is 51.4 Å². The molecule has 0 aromatic rings. The first-order valence-corrected chi connectivity index (χ1v) is 8.66. The molecule has 0 spiro atoms. The van der Waals surface area contributed by atoms with Crippen molar-refractivity contribution in [2.45, 2.75) is 63.5 Å². The number of methoxy groups -OCH3 is 1. The van der Waals surface area contributed by atoms with E-state index in [1.165, 1.54) is 25.7 Å². The van der Waals surface area contributed by atoms with Gasteiger partial charge in [0.15, 0.2) is 0 Å². The lowest BCUT2D eigenvalue weighted by Gasteiger charge is -2.40. The maximum absolute atomic E-state index is 12.9. The first-order chi connectivity index (χ1) is 10.6. The van der Waals surface area contributed by atoms with Crippen LogP contribution in [0.15, 0.2) is 0 Å². The van der Waals surface area contributed by atoms with E-state index in [-0.39, 0.29) is 17.9 Å². The minimum absolute atomic E-state index is 0.0248. The number of nitrogens with zero attached hydrogens (tertiary/aromatic N) is 1. The molecule has 5 atom stereocenters. The van der Waals surface area contributed by atoms with Gasteiger partial charge in [0.2, 0.25) is 5.91 Å². The largest absolute Gasteiger partial charge is 0.480 e. The van der Waals surface area contributed by atoms with Gasteiger partial charge < -0.3 is 14.7 Å². The Morgan fingerprint density at radius 2 is 1.77 bits per heavy atom. The topological polar surface area (TPSA) is 66.8 Å². The van der Waals surface area contributed by atoms with Crippen LogP contribution in [-0.4, -0.2) is 47.7 Å². The third-order valence-electron chi connectivity index (χ3n) is 6.05. The summed E-state index contributed by atoms with van der Waals surface area (Å²) in [5, 5.41) is 9.38. The van der Waals surface area contributed by atoms with E-state index in [4.69, 9.17) is 4.74 Å². The van der Waals surface area contributed by atoms with Gasteiger partial charge in [-0.05, 0) is 31.1 Å². The van der Waals surface area contributed by atoms with Crippen LogP contribution in [0.3, 0.4) is 0 Å². The molecular formula is C17H27NO4. The molecule has 1 amide bonds. The smallest absolute Gasteiger partial charge is 0.326 e. The Labute approximate surface area is 132 Å². The zero-order valence-electron chi connectivity index (χ0n) is 13.4. The summed E-state index contributed by atoms with van der Waals surface area (Å²) < 4.78 is 5.29. The molecule has 3 fully saturated rings. The standard InChI is InChI=1S/C17H27NO4/c1-22-14-9-15(17(20)21)18(10-14)16(19)13-7-6-11-4-2-3-5-12(11)8-13/h11-15H,2-10H2,1H3,(H,20,21). The first-order valence-electron chi connectivity index (χ1n) is 8.66. The predicted octanol–water partition coefficient (Wildman–Crippen LogP) is 2.29. The summed E-state index contributed by atoms with van der Waals surface area (Å²) in [4.78, 5) is 25.9. The summed E-state index contributed by atoms with van der Waals surface area (Å²) in [6.45, 7) is 0.427. The van der Waals surface area contributed by atoms with E-state index in [2.05, 4.69) is 0 Å². The number of fused-ring (bicyclic) bond motifs is 1. The van der Waals surface area contributed by atoms with E-state index in [1.807, 2.05) is 0 Å². The van der Waals surface area contributed by atoms with Crippen LogP contribution in [0.5, 0.6) is 0 Å². The van der Waals surface area contributed by atoms with Gasteiger partial charge in [-0.25, -0.2) is 4.79 Å². The molecule has 124 valence electrons. The van der Waals surface area contributed by atoms with Crippen LogP contribution in [0.25, 0.3) is 0 Å².